The predicted octanol–water partition coefficient (Wildman–Crippen LogP) is 34.0. The van der Waals surface area contributed by atoms with Crippen molar-refractivity contribution < 1.29 is 0 Å². The summed E-state index contributed by atoms with van der Waals surface area (Å²) in [6, 6.07) is 83.4. The van der Waals surface area contributed by atoms with E-state index in [4.69, 9.17) is 19.9 Å². The fourth-order valence-corrected chi connectivity index (χ4v) is 21.9. The molecule has 4 N–H and O–H groups in total. The van der Waals surface area contributed by atoms with E-state index in [2.05, 4.69) is 508 Å². The van der Waals surface area contributed by atoms with Crippen LogP contribution in [0.15, 0.2) is 241 Å². The lowest BCUT2D eigenvalue weighted by Crippen LogP contribution is -2.16. The highest BCUT2D eigenvalue weighted by Gasteiger charge is 2.28. The van der Waals surface area contributed by atoms with E-state index in [0.29, 0.717) is 0 Å². The Bertz CT molecular complexity index is 8740. The lowest BCUT2D eigenvalue weighted by Gasteiger charge is -2.20. The molecule has 4 aliphatic rings. The number of benzene rings is 10. The first-order valence-corrected chi connectivity index (χ1v) is 54.6. The number of aromatic amines is 4. The minimum Gasteiger partial charge on any atom is -0.354 e. The minimum atomic E-state index is -1.63. The monoisotopic (exact) mass is 1930 g/mol. The molecule has 0 amide bonds. The number of H-pyrrole nitrogens is 4. The summed E-state index contributed by atoms with van der Waals surface area (Å²) in [5, 5.41) is 11.2. The zero-order valence-electron chi connectivity index (χ0n) is 88.6. The Labute approximate surface area is 866 Å². The van der Waals surface area contributed by atoms with Gasteiger partial charge in [0.2, 0.25) is 0 Å². The summed E-state index contributed by atoms with van der Waals surface area (Å²) in [5.74, 6) is 25.0. The van der Waals surface area contributed by atoms with Crippen molar-refractivity contribution in [3.05, 3.63) is 393 Å². The van der Waals surface area contributed by atoms with Crippen LogP contribution in [0.1, 0.15) is 218 Å². The molecule has 147 heavy (non-hydrogen) atoms. The van der Waals surface area contributed by atoms with E-state index in [9.17, 15) is 0 Å². The highest BCUT2D eigenvalue weighted by Crippen LogP contribution is 2.47. The van der Waals surface area contributed by atoms with Crippen LogP contribution in [0.25, 0.3) is 182 Å². The molecule has 0 saturated heterocycles. The van der Waals surface area contributed by atoms with Crippen molar-refractivity contribution in [2.75, 3.05) is 13.1 Å². The van der Waals surface area contributed by atoms with Crippen LogP contribution in [-0.2, 0) is 10.8 Å². The fraction of sp³-hybridized carbons (Fsp3) is 0.200. The Morgan fingerprint density at radius 1 is 0.252 bits per heavy atom. The summed E-state index contributed by atoms with van der Waals surface area (Å²) in [4.78, 5) is 39.1. The summed E-state index contributed by atoms with van der Waals surface area (Å²) in [6.07, 6.45) is 17.5. The number of rotatable bonds is 12. The second kappa shape index (κ2) is 39.4. The van der Waals surface area contributed by atoms with Gasteiger partial charge in [-0.3, -0.25) is 5.01 Å². The molecule has 0 spiro atoms. The van der Waals surface area contributed by atoms with Gasteiger partial charge in [-0.25, -0.2) is 19.9 Å². The third kappa shape index (κ3) is 20.3. The smallest absolute Gasteiger partial charge is 0.129 e. The number of aryl methyl sites for hydroxylation is 12. The quantitative estimate of drug-likeness (QED) is 0.0417. The molecule has 12 heteroatoms. The van der Waals surface area contributed by atoms with Gasteiger partial charge in [0, 0.05) is 141 Å². The fourth-order valence-electron chi connectivity index (χ4n) is 21.4. The molecule has 722 valence electrons. The lowest BCUT2D eigenvalue weighted by atomic mass is 9.85. The summed E-state index contributed by atoms with van der Waals surface area (Å²) in [6.45, 7) is 52.4. The van der Waals surface area contributed by atoms with Crippen molar-refractivity contribution in [1.82, 2.24) is 44.9 Å². The van der Waals surface area contributed by atoms with E-state index < -0.39 is 8.07 Å². The summed E-state index contributed by atoms with van der Waals surface area (Å²) >= 11 is 0. The van der Waals surface area contributed by atoms with Gasteiger partial charge in [0.25, 0.3) is 0 Å². The van der Waals surface area contributed by atoms with Gasteiger partial charge >= 0.3 is 0 Å². The van der Waals surface area contributed by atoms with Gasteiger partial charge in [0.05, 0.1) is 51.2 Å². The second-order valence-electron chi connectivity index (χ2n) is 43.1. The third-order valence-corrected chi connectivity index (χ3v) is 29.0. The number of hydrogen-bond acceptors (Lipinski definition) is 6. The Kier molecular flexibility index (Phi) is 26.2. The van der Waals surface area contributed by atoms with Crippen molar-refractivity contribution in [2.45, 2.75) is 169 Å². The Morgan fingerprint density at radius 2 is 0.469 bits per heavy atom. The largest absolute Gasteiger partial charge is 0.354 e. The molecule has 10 heterocycles. The molecule has 0 atom stereocenters. The topological polar surface area (TPSA) is 143 Å². The standard InChI is InChI=1S/C135H123N11Si/c1-24-146(25-2)145-144-105-78-98(77-104(79-105)135(18,19)20)31-28-94-36-44-101(45-37-94)128-110-52-60-116(140-110)130(122-84(7)66-80(3)67-85(122)8)114-56-48-106(136-114)126(107-49-57-115(137-107)131(117-61-53-111(128)141-117)123-86(9)68-81(4)69-87(123)10)99-40-32-92(33-41-99)26-29-96-74-97(76-103(75-96)134(15,16)17)30-27-93-34-42-100(43-35-93)127-108-50-58-118(138-108)132(124-88(11)70-82(5)71-89(124)12)120-62-54-112(142-120)129(102-46-38-95(39-47-102)64-65-147(21,22)23)113-55-63-121(143-113)133(119-59-51-109(127)139-119)125-90(13)72-83(6)73-91(125)14/h32-63,66-79,136,138,141,143H,24-25H2,1-23H3. The number of hydrogen-bond donors (Lipinski definition) is 4. The molecule has 0 unspecified atom stereocenters. The van der Waals surface area contributed by atoms with Crippen LogP contribution in [0.3, 0.4) is 0 Å². The van der Waals surface area contributed by atoms with Crippen LogP contribution in [-0.4, -0.2) is 66.0 Å². The molecule has 0 aliphatic carbocycles. The number of nitrogens with zero attached hydrogens (tertiary/aromatic N) is 7. The van der Waals surface area contributed by atoms with E-state index in [1.807, 2.05) is 11.1 Å². The van der Waals surface area contributed by atoms with Crippen LogP contribution < -0.4 is 0 Å². The Hall–Kier alpha value is -16.7. The second-order valence-corrected chi connectivity index (χ2v) is 47.8. The molecule has 0 fully saturated rings. The van der Waals surface area contributed by atoms with Gasteiger partial charge in [-0.1, -0.05) is 227 Å². The highest BCUT2D eigenvalue weighted by atomic mass is 28.3. The van der Waals surface area contributed by atoms with Crippen LogP contribution in [0, 0.1) is 130 Å². The van der Waals surface area contributed by atoms with Gasteiger partial charge in [0.1, 0.15) is 8.07 Å². The van der Waals surface area contributed by atoms with Gasteiger partial charge in [-0.05, 0) is 390 Å². The minimum absolute atomic E-state index is 0.124. The molecule has 16 aromatic rings. The maximum Gasteiger partial charge on any atom is 0.129 e. The maximum absolute atomic E-state index is 5.78. The first-order chi connectivity index (χ1) is 70.5. The molecular formula is C135H123N11Si. The molecule has 0 saturated carbocycles. The zero-order valence-corrected chi connectivity index (χ0v) is 89.6. The van der Waals surface area contributed by atoms with Crippen molar-refractivity contribution in [1.29, 1.82) is 0 Å². The molecule has 11 nitrogen and oxygen atoms in total. The summed E-state index contributed by atoms with van der Waals surface area (Å²) in [7, 11) is -1.63. The van der Waals surface area contributed by atoms with Crippen LogP contribution in [0.2, 0.25) is 19.6 Å². The van der Waals surface area contributed by atoms with Crippen molar-refractivity contribution in [3.63, 3.8) is 0 Å². The van der Waals surface area contributed by atoms with Crippen LogP contribution in [0.4, 0.5) is 5.69 Å². The van der Waals surface area contributed by atoms with E-state index in [1.165, 1.54) is 44.5 Å². The third-order valence-electron chi connectivity index (χ3n) is 28.1. The van der Waals surface area contributed by atoms with E-state index in [-0.39, 0.29) is 10.8 Å². The molecular weight excluding hydrogens is 1800 g/mol. The number of fused-ring (bicyclic) bond motifs is 16. The van der Waals surface area contributed by atoms with Gasteiger partial charge in [-0.15, -0.1) is 10.7 Å². The first kappa shape index (κ1) is 97.7. The van der Waals surface area contributed by atoms with E-state index in [1.54, 1.807) is 0 Å². The molecule has 10 aromatic carbocycles. The average molecular weight is 1930 g/mol. The van der Waals surface area contributed by atoms with Gasteiger partial charge in [-0.2, -0.15) is 0 Å². The normalized spacial score (nSPS) is 12.2. The average Bonchev–Trinajstić information content (AvgIpc) is 1.61. The Morgan fingerprint density at radius 3 is 0.707 bits per heavy atom. The molecule has 4 aliphatic heterocycles. The lowest BCUT2D eigenvalue weighted by molar-refractivity contribution is 0.300. The van der Waals surface area contributed by atoms with Crippen molar-refractivity contribution in [2.24, 2.45) is 10.3 Å². The van der Waals surface area contributed by atoms with E-state index >= 15 is 0 Å². The maximum atomic E-state index is 5.78. The molecule has 20 rings (SSSR count). The zero-order chi connectivity index (χ0) is 103. The highest BCUT2D eigenvalue weighted by molar-refractivity contribution is 6.84. The number of aromatic nitrogens is 8. The molecule has 16 bridgehead atoms. The van der Waals surface area contributed by atoms with Gasteiger partial charge in [0.15, 0.2) is 0 Å². The molecule has 6 aromatic heterocycles. The molecule has 0 radical (unpaired) electrons. The predicted molar refractivity (Wildman–Crippen MR) is 624 cm³/mol. The van der Waals surface area contributed by atoms with Crippen LogP contribution in [0.5, 0.6) is 0 Å². The summed E-state index contributed by atoms with van der Waals surface area (Å²) < 4.78 is 0. The van der Waals surface area contributed by atoms with Crippen LogP contribution >= 0.6 is 0 Å². The Balaban J connectivity index is 0.678. The van der Waals surface area contributed by atoms with Crippen molar-refractivity contribution in [3.8, 4) is 136 Å². The summed E-state index contributed by atoms with van der Waals surface area (Å²) in [5.41, 5.74) is 57.3. The van der Waals surface area contributed by atoms with E-state index in [0.717, 1.165) is 270 Å². The van der Waals surface area contributed by atoms with Gasteiger partial charge < -0.3 is 19.9 Å². The SMILES string of the molecule is CCN(CC)N=Nc1cc(C#Cc2ccc(-c3c4nc(c(-c5c(C)cc(C)cc5C)c5ccc([nH]5)c(-c5ccc(C#Cc6cc(C#Cc7ccc(-c8c9nc(c(-c%10c(C)cc(C)cc%10C)c%10ccc([nH]%10)c(-c%10ccc(C#C[Si](C)(C)C)cc%10)c%10nc(c(-c%11c(C)cc(C)cc%11C)c%11ccc8[nH]%11)C=C%10)C=C9)cc7)cc(C(C)(C)C)c6)cc5)c5nc(c(-c6c(C)cc(C)cc6C)c6ccc3[nH]6)C=C5)C=C4)cc2)cc(C(C)(C)C)c1. The first-order valence-electron chi connectivity index (χ1n) is 51.1. The number of nitrogens with one attached hydrogen (secondary N) is 4. The van der Waals surface area contributed by atoms with Crippen molar-refractivity contribution >= 4 is 107 Å².